The molecule has 0 saturated carbocycles. The highest BCUT2D eigenvalue weighted by molar-refractivity contribution is 5.84. The van der Waals surface area contributed by atoms with Gasteiger partial charge in [0.1, 0.15) is 5.82 Å². The first-order valence-electron chi connectivity index (χ1n) is 8.73. The predicted octanol–water partition coefficient (Wildman–Crippen LogP) is 2.33. The summed E-state index contributed by atoms with van der Waals surface area (Å²) in [5.74, 6) is 0.526. The van der Waals surface area contributed by atoms with Crippen molar-refractivity contribution in [1.29, 1.82) is 0 Å². The molecule has 2 aromatic rings. The lowest BCUT2D eigenvalue weighted by Gasteiger charge is -2.24. The molecule has 1 aliphatic heterocycles. The molecule has 3 heterocycles. The number of aromatic nitrogens is 2. The quantitative estimate of drug-likeness (QED) is 0.861. The van der Waals surface area contributed by atoms with Gasteiger partial charge in [-0.15, -0.1) is 0 Å². The van der Waals surface area contributed by atoms with Gasteiger partial charge < -0.3 is 15.5 Å². The van der Waals surface area contributed by atoms with E-state index in [1.165, 1.54) is 6.92 Å². The molecule has 0 aromatic carbocycles. The first-order valence-corrected chi connectivity index (χ1v) is 8.73. The predicted molar refractivity (Wildman–Crippen MR) is 98.9 cm³/mol. The van der Waals surface area contributed by atoms with Crippen molar-refractivity contribution >= 4 is 23.3 Å². The van der Waals surface area contributed by atoms with Gasteiger partial charge in [0.05, 0.1) is 30.2 Å². The zero-order valence-electron chi connectivity index (χ0n) is 15.0. The van der Waals surface area contributed by atoms with E-state index in [0.717, 1.165) is 35.6 Å². The maximum Gasteiger partial charge on any atom is 0.242 e. The highest BCUT2D eigenvalue weighted by atomic mass is 16.2. The van der Waals surface area contributed by atoms with Crippen molar-refractivity contribution in [2.24, 2.45) is 0 Å². The normalized spacial score (nSPS) is 16.4. The van der Waals surface area contributed by atoms with Crippen molar-refractivity contribution in [2.75, 3.05) is 18.4 Å². The zero-order valence-corrected chi connectivity index (χ0v) is 15.0. The van der Waals surface area contributed by atoms with Gasteiger partial charge in [0.25, 0.3) is 0 Å². The highest BCUT2D eigenvalue weighted by Gasteiger charge is 2.30. The first kappa shape index (κ1) is 17.8. The number of hydrogen-bond acceptors (Lipinski definition) is 5. The number of anilines is 2. The highest BCUT2D eigenvalue weighted by Crippen LogP contribution is 2.31. The second-order valence-corrected chi connectivity index (χ2v) is 6.42. The van der Waals surface area contributed by atoms with Gasteiger partial charge in [-0.05, 0) is 43.5 Å². The Morgan fingerprint density at radius 1 is 1.27 bits per heavy atom. The van der Waals surface area contributed by atoms with Crippen LogP contribution in [0.2, 0.25) is 0 Å². The number of aryl methyl sites for hydroxylation is 1. The SMILES string of the molecule is CC(=O)NCC(=O)N1CCCC1c1ccc(Nc2ncccc2C)cn1. The Hall–Kier alpha value is -2.96. The molecule has 2 aromatic heterocycles. The van der Waals surface area contributed by atoms with Crippen LogP contribution in [0, 0.1) is 6.92 Å². The van der Waals surface area contributed by atoms with Gasteiger partial charge in [0, 0.05) is 19.7 Å². The average molecular weight is 353 g/mol. The molecule has 1 aliphatic rings. The summed E-state index contributed by atoms with van der Waals surface area (Å²) in [6, 6.07) is 7.74. The first-order chi connectivity index (χ1) is 12.5. The molecular formula is C19H23N5O2. The van der Waals surface area contributed by atoms with Crippen LogP contribution in [0.5, 0.6) is 0 Å². The number of nitrogens with zero attached hydrogens (tertiary/aromatic N) is 3. The standard InChI is InChI=1S/C19H23N5O2/c1-13-5-3-9-20-19(13)23-15-7-8-16(22-11-15)17-6-4-10-24(17)18(26)12-21-14(2)25/h3,5,7-9,11,17H,4,6,10,12H2,1-2H3,(H,20,23)(H,21,25). The Labute approximate surface area is 152 Å². The second-order valence-electron chi connectivity index (χ2n) is 6.42. The number of pyridine rings is 2. The number of nitrogens with one attached hydrogen (secondary N) is 2. The summed E-state index contributed by atoms with van der Waals surface area (Å²) in [6.45, 7) is 4.13. The molecule has 1 unspecified atom stereocenters. The number of likely N-dealkylation sites (tertiary alicyclic amines) is 1. The van der Waals surface area contributed by atoms with Crippen LogP contribution < -0.4 is 10.6 Å². The molecule has 2 amide bonds. The molecule has 1 fully saturated rings. The number of carbonyl (C=O) groups excluding carboxylic acids is 2. The lowest BCUT2D eigenvalue weighted by atomic mass is 10.1. The van der Waals surface area contributed by atoms with E-state index in [4.69, 9.17) is 0 Å². The molecule has 7 heteroatoms. The third-order valence-electron chi connectivity index (χ3n) is 4.46. The Balaban J connectivity index is 1.68. The summed E-state index contributed by atoms with van der Waals surface area (Å²) in [7, 11) is 0. The van der Waals surface area contributed by atoms with Gasteiger partial charge in [-0.25, -0.2) is 4.98 Å². The summed E-state index contributed by atoms with van der Waals surface area (Å²) >= 11 is 0. The van der Waals surface area contributed by atoms with Crippen LogP contribution in [0.15, 0.2) is 36.7 Å². The van der Waals surface area contributed by atoms with Gasteiger partial charge >= 0.3 is 0 Å². The molecule has 2 N–H and O–H groups in total. The van der Waals surface area contributed by atoms with E-state index in [1.807, 2.05) is 31.2 Å². The molecule has 7 nitrogen and oxygen atoms in total. The number of rotatable bonds is 5. The van der Waals surface area contributed by atoms with Gasteiger partial charge in [-0.1, -0.05) is 6.07 Å². The van der Waals surface area contributed by atoms with Crippen LogP contribution >= 0.6 is 0 Å². The van der Waals surface area contributed by atoms with Crippen molar-refractivity contribution in [3.63, 3.8) is 0 Å². The third-order valence-corrected chi connectivity index (χ3v) is 4.46. The number of amides is 2. The van der Waals surface area contributed by atoms with Gasteiger partial charge in [-0.3, -0.25) is 14.6 Å². The molecule has 3 rings (SSSR count). The van der Waals surface area contributed by atoms with Crippen LogP contribution in [0.1, 0.15) is 37.1 Å². The third kappa shape index (κ3) is 4.17. The summed E-state index contributed by atoms with van der Waals surface area (Å²) in [5, 5.41) is 5.82. The van der Waals surface area contributed by atoms with E-state index >= 15 is 0 Å². The Kier molecular flexibility index (Phi) is 5.46. The van der Waals surface area contributed by atoms with E-state index in [9.17, 15) is 9.59 Å². The van der Waals surface area contributed by atoms with E-state index in [1.54, 1.807) is 17.3 Å². The van der Waals surface area contributed by atoms with Gasteiger partial charge in [0.15, 0.2) is 0 Å². The molecule has 136 valence electrons. The fourth-order valence-electron chi connectivity index (χ4n) is 3.10. The van der Waals surface area contributed by atoms with Crippen LogP contribution in [0.25, 0.3) is 0 Å². The monoisotopic (exact) mass is 353 g/mol. The fourth-order valence-corrected chi connectivity index (χ4v) is 3.10. The molecular weight excluding hydrogens is 330 g/mol. The molecule has 26 heavy (non-hydrogen) atoms. The Morgan fingerprint density at radius 2 is 2.12 bits per heavy atom. The van der Waals surface area contributed by atoms with Crippen molar-refractivity contribution in [3.8, 4) is 0 Å². The van der Waals surface area contributed by atoms with Gasteiger partial charge in [0.2, 0.25) is 11.8 Å². The van der Waals surface area contributed by atoms with E-state index in [2.05, 4.69) is 20.6 Å². The molecule has 1 atom stereocenters. The summed E-state index contributed by atoms with van der Waals surface area (Å²) in [4.78, 5) is 34.0. The fraction of sp³-hybridized carbons (Fsp3) is 0.368. The van der Waals surface area contributed by atoms with Crippen LogP contribution in [0.3, 0.4) is 0 Å². The van der Waals surface area contributed by atoms with E-state index < -0.39 is 0 Å². The number of carbonyl (C=O) groups is 2. The lowest BCUT2D eigenvalue weighted by molar-refractivity contribution is -0.133. The zero-order chi connectivity index (χ0) is 18.5. The maximum absolute atomic E-state index is 12.3. The molecule has 0 spiro atoms. The minimum atomic E-state index is -0.201. The van der Waals surface area contributed by atoms with Crippen LogP contribution in [-0.4, -0.2) is 39.8 Å². The topological polar surface area (TPSA) is 87.2 Å². The second kappa shape index (κ2) is 7.95. The Morgan fingerprint density at radius 3 is 2.81 bits per heavy atom. The molecule has 1 saturated heterocycles. The smallest absolute Gasteiger partial charge is 0.242 e. The van der Waals surface area contributed by atoms with Crippen LogP contribution in [-0.2, 0) is 9.59 Å². The summed E-state index contributed by atoms with van der Waals surface area (Å²) in [6.07, 6.45) is 5.32. The van der Waals surface area contributed by atoms with E-state index in [-0.39, 0.29) is 24.4 Å². The minimum Gasteiger partial charge on any atom is -0.347 e. The van der Waals surface area contributed by atoms with Gasteiger partial charge in [-0.2, -0.15) is 0 Å². The summed E-state index contributed by atoms with van der Waals surface area (Å²) < 4.78 is 0. The molecule has 0 radical (unpaired) electrons. The van der Waals surface area contributed by atoms with Crippen molar-refractivity contribution in [2.45, 2.75) is 32.7 Å². The van der Waals surface area contributed by atoms with Crippen LogP contribution in [0.4, 0.5) is 11.5 Å². The maximum atomic E-state index is 12.3. The van der Waals surface area contributed by atoms with Crippen molar-refractivity contribution < 1.29 is 9.59 Å². The average Bonchev–Trinajstić information content (AvgIpc) is 3.12. The minimum absolute atomic E-state index is 0.0322. The molecule has 0 bridgehead atoms. The largest absolute Gasteiger partial charge is 0.347 e. The Bertz CT molecular complexity index is 791. The summed E-state index contributed by atoms with van der Waals surface area (Å²) in [5.41, 5.74) is 2.77. The van der Waals surface area contributed by atoms with Crippen molar-refractivity contribution in [3.05, 3.63) is 47.9 Å². The molecule has 0 aliphatic carbocycles. The van der Waals surface area contributed by atoms with Crippen molar-refractivity contribution in [1.82, 2.24) is 20.2 Å². The number of hydrogen-bond donors (Lipinski definition) is 2. The lowest BCUT2D eigenvalue weighted by Crippen LogP contribution is -2.39. The van der Waals surface area contributed by atoms with E-state index in [0.29, 0.717) is 6.54 Å².